The predicted octanol–water partition coefficient (Wildman–Crippen LogP) is 1.19. The second-order valence-corrected chi connectivity index (χ2v) is 5.64. The summed E-state index contributed by atoms with van der Waals surface area (Å²) in [6.45, 7) is 1.79. The molecule has 1 rings (SSSR count). The lowest BCUT2D eigenvalue weighted by Crippen LogP contribution is -2.51. The normalized spacial score (nSPS) is 10.5. The van der Waals surface area contributed by atoms with Crippen LogP contribution in [0.2, 0.25) is 0 Å². The van der Waals surface area contributed by atoms with Crippen molar-refractivity contribution in [1.29, 1.82) is 0 Å². The molecule has 1 aromatic carbocycles. The standard InChI is InChI=1S/C11H14O2Si/c1-4-10-14(12-2,13-3)11-8-6-5-7-9-11/h5-9H,1-3H3. The third-order valence-corrected chi connectivity index (χ3v) is 4.84. The molecule has 0 atom stereocenters. The average molecular weight is 206 g/mol. The first-order valence-corrected chi connectivity index (χ1v) is 6.20. The minimum atomic E-state index is -2.48. The summed E-state index contributed by atoms with van der Waals surface area (Å²) in [4.78, 5) is 0. The predicted molar refractivity (Wildman–Crippen MR) is 59.3 cm³/mol. The Morgan fingerprint density at radius 3 is 2.07 bits per heavy atom. The molecule has 3 heteroatoms. The van der Waals surface area contributed by atoms with E-state index in [1.807, 2.05) is 30.3 Å². The van der Waals surface area contributed by atoms with Gasteiger partial charge in [0.05, 0.1) is 0 Å². The topological polar surface area (TPSA) is 18.5 Å². The molecule has 14 heavy (non-hydrogen) atoms. The first-order chi connectivity index (χ1) is 6.79. The molecule has 0 radical (unpaired) electrons. The maximum atomic E-state index is 5.46. The van der Waals surface area contributed by atoms with Gasteiger partial charge >= 0.3 is 8.56 Å². The molecule has 2 nitrogen and oxygen atoms in total. The summed E-state index contributed by atoms with van der Waals surface area (Å²) in [5.74, 6) is 2.87. The Labute approximate surface area is 86.1 Å². The second-order valence-electron chi connectivity index (χ2n) is 2.77. The monoisotopic (exact) mass is 206 g/mol. The van der Waals surface area contributed by atoms with Crippen LogP contribution in [0, 0.1) is 11.5 Å². The molecule has 1 aromatic rings. The van der Waals surface area contributed by atoms with E-state index in [0.717, 1.165) is 5.19 Å². The second kappa shape index (κ2) is 4.96. The highest BCUT2D eigenvalue weighted by Crippen LogP contribution is 2.04. The van der Waals surface area contributed by atoms with E-state index in [9.17, 15) is 0 Å². The van der Waals surface area contributed by atoms with Crippen molar-refractivity contribution in [3.63, 3.8) is 0 Å². The number of rotatable bonds is 3. The average Bonchev–Trinajstić information content (AvgIpc) is 2.27. The number of hydrogen-bond acceptors (Lipinski definition) is 2. The number of benzene rings is 1. The summed E-state index contributed by atoms with van der Waals surface area (Å²) < 4.78 is 10.9. The lowest BCUT2D eigenvalue weighted by molar-refractivity contribution is 0.274. The van der Waals surface area contributed by atoms with E-state index in [2.05, 4.69) is 11.5 Å². The van der Waals surface area contributed by atoms with Crippen LogP contribution in [0.1, 0.15) is 6.92 Å². The van der Waals surface area contributed by atoms with Crippen molar-refractivity contribution in [1.82, 2.24) is 0 Å². The quantitative estimate of drug-likeness (QED) is 0.546. The molecule has 0 N–H and O–H groups in total. The largest absolute Gasteiger partial charge is 0.458 e. The van der Waals surface area contributed by atoms with Crippen LogP contribution in [0.5, 0.6) is 0 Å². The maximum absolute atomic E-state index is 5.46. The van der Waals surface area contributed by atoms with Crippen LogP contribution in [0.3, 0.4) is 0 Å². The van der Waals surface area contributed by atoms with Gasteiger partial charge in [-0.15, -0.1) is 5.92 Å². The minimum Gasteiger partial charge on any atom is -0.385 e. The highest BCUT2D eigenvalue weighted by atomic mass is 28.4. The lowest BCUT2D eigenvalue weighted by atomic mass is 10.4. The molecule has 0 aliphatic carbocycles. The van der Waals surface area contributed by atoms with Crippen molar-refractivity contribution in [2.24, 2.45) is 0 Å². The van der Waals surface area contributed by atoms with Crippen LogP contribution in [-0.4, -0.2) is 22.8 Å². The molecule has 0 aliphatic heterocycles. The zero-order valence-electron chi connectivity index (χ0n) is 8.70. The Bertz CT molecular complexity index is 333. The summed E-state index contributed by atoms with van der Waals surface area (Å²) in [6.07, 6.45) is 0. The molecule has 0 aromatic heterocycles. The Morgan fingerprint density at radius 1 is 1.07 bits per heavy atom. The third kappa shape index (κ3) is 2.04. The van der Waals surface area contributed by atoms with Crippen LogP contribution >= 0.6 is 0 Å². The zero-order chi connectivity index (χ0) is 10.4. The van der Waals surface area contributed by atoms with Gasteiger partial charge in [-0.3, -0.25) is 0 Å². The molecule has 0 spiro atoms. The van der Waals surface area contributed by atoms with E-state index < -0.39 is 8.56 Å². The smallest absolute Gasteiger partial charge is 0.385 e. The molecule has 0 saturated heterocycles. The molecule has 0 fully saturated rings. The van der Waals surface area contributed by atoms with Gasteiger partial charge in [0.2, 0.25) is 0 Å². The van der Waals surface area contributed by atoms with Gasteiger partial charge in [-0.05, 0) is 6.92 Å². The summed E-state index contributed by atoms with van der Waals surface area (Å²) >= 11 is 0. The van der Waals surface area contributed by atoms with Crippen molar-refractivity contribution < 1.29 is 8.85 Å². The minimum absolute atomic E-state index is 1.04. The third-order valence-electron chi connectivity index (χ3n) is 2.02. The van der Waals surface area contributed by atoms with Crippen molar-refractivity contribution in [3.05, 3.63) is 30.3 Å². The first kappa shape index (κ1) is 11.0. The van der Waals surface area contributed by atoms with E-state index in [-0.39, 0.29) is 0 Å². The Hall–Kier alpha value is -1.08. The molecule has 74 valence electrons. The molecular formula is C11H14O2Si. The van der Waals surface area contributed by atoms with E-state index >= 15 is 0 Å². The van der Waals surface area contributed by atoms with E-state index in [4.69, 9.17) is 8.85 Å². The Balaban J connectivity index is 3.15. The molecule has 0 bridgehead atoms. The van der Waals surface area contributed by atoms with Gasteiger partial charge in [-0.2, -0.15) is 0 Å². The van der Waals surface area contributed by atoms with Gasteiger partial charge in [0.15, 0.2) is 0 Å². The highest BCUT2D eigenvalue weighted by molar-refractivity contribution is 6.88. The van der Waals surface area contributed by atoms with Crippen molar-refractivity contribution in [2.45, 2.75) is 6.92 Å². The van der Waals surface area contributed by atoms with E-state index in [1.54, 1.807) is 21.1 Å². The van der Waals surface area contributed by atoms with Gasteiger partial charge in [0.25, 0.3) is 0 Å². The fraction of sp³-hybridized carbons (Fsp3) is 0.273. The van der Waals surface area contributed by atoms with Crippen molar-refractivity contribution in [3.8, 4) is 11.5 Å². The molecular weight excluding hydrogens is 192 g/mol. The van der Waals surface area contributed by atoms with Crippen LogP contribution in [0.4, 0.5) is 0 Å². The van der Waals surface area contributed by atoms with Crippen LogP contribution in [-0.2, 0) is 8.85 Å². The number of hydrogen-bond donors (Lipinski definition) is 0. The molecule has 0 heterocycles. The summed E-state index contributed by atoms with van der Waals surface area (Å²) in [5, 5.41) is 1.04. The van der Waals surface area contributed by atoms with Gasteiger partial charge in [-0.25, -0.2) is 0 Å². The molecule has 0 saturated carbocycles. The van der Waals surface area contributed by atoms with Gasteiger partial charge in [0.1, 0.15) is 0 Å². The van der Waals surface area contributed by atoms with Gasteiger partial charge < -0.3 is 8.85 Å². The first-order valence-electron chi connectivity index (χ1n) is 4.39. The molecule has 0 unspecified atom stereocenters. The maximum Gasteiger partial charge on any atom is 0.458 e. The van der Waals surface area contributed by atoms with Crippen molar-refractivity contribution in [2.75, 3.05) is 14.2 Å². The van der Waals surface area contributed by atoms with Gasteiger partial charge in [-0.1, -0.05) is 35.9 Å². The van der Waals surface area contributed by atoms with Crippen LogP contribution in [0.25, 0.3) is 0 Å². The molecule has 0 amide bonds. The van der Waals surface area contributed by atoms with Gasteiger partial charge in [0, 0.05) is 19.4 Å². The summed E-state index contributed by atoms with van der Waals surface area (Å²) in [6, 6.07) is 9.87. The lowest BCUT2D eigenvalue weighted by Gasteiger charge is -2.21. The highest BCUT2D eigenvalue weighted by Gasteiger charge is 2.36. The Morgan fingerprint density at radius 2 is 1.64 bits per heavy atom. The molecule has 0 aliphatic rings. The zero-order valence-corrected chi connectivity index (χ0v) is 9.70. The van der Waals surface area contributed by atoms with Crippen molar-refractivity contribution >= 4 is 13.7 Å². The fourth-order valence-corrected chi connectivity index (χ4v) is 3.26. The van der Waals surface area contributed by atoms with E-state index in [0.29, 0.717) is 0 Å². The summed E-state index contributed by atoms with van der Waals surface area (Å²) in [5.41, 5.74) is 3.06. The SMILES string of the molecule is CC#C[Si](OC)(OC)c1ccccc1. The van der Waals surface area contributed by atoms with Crippen LogP contribution in [0.15, 0.2) is 30.3 Å². The Kier molecular flexibility index (Phi) is 3.90. The summed E-state index contributed by atoms with van der Waals surface area (Å²) in [7, 11) is 0.811. The van der Waals surface area contributed by atoms with Crippen LogP contribution < -0.4 is 5.19 Å². The fourth-order valence-electron chi connectivity index (χ4n) is 1.32. The van der Waals surface area contributed by atoms with E-state index in [1.165, 1.54) is 0 Å².